The van der Waals surface area contributed by atoms with Crippen LogP contribution in [0.25, 0.3) is 0 Å². The van der Waals surface area contributed by atoms with Gasteiger partial charge < -0.3 is 15.0 Å². The Morgan fingerprint density at radius 2 is 2.24 bits per heavy atom. The number of aryl methyl sites for hydroxylation is 1. The Morgan fingerprint density at radius 3 is 2.82 bits per heavy atom. The fourth-order valence-electron chi connectivity index (χ4n) is 2.45. The molecule has 0 spiro atoms. The molecule has 0 saturated heterocycles. The number of carboxylic acid groups (broad SMARTS) is 1. The summed E-state index contributed by atoms with van der Waals surface area (Å²) >= 11 is 0. The summed E-state index contributed by atoms with van der Waals surface area (Å²) in [5.74, 6) is -0.0975. The van der Waals surface area contributed by atoms with E-state index in [1.165, 1.54) is 0 Å². The topological polar surface area (TPSA) is 67.2 Å². The standard InChI is InChI=1S/C12H19N3O2/c1-2-15-9-8-13-11(15)14-12(10(16)17)6-4-3-5-7-12/h8-9H,2-7H2,1H3,(H,13,14)(H,16,17). The number of anilines is 1. The Balaban J connectivity index is 2.20. The minimum absolute atomic E-state index is 0.664. The van der Waals surface area contributed by atoms with E-state index >= 15 is 0 Å². The van der Waals surface area contributed by atoms with Crippen LogP contribution in [0.4, 0.5) is 5.95 Å². The Labute approximate surface area is 101 Å². The van der Waals surface area contributed by atoms with Crippen LogP contribution < -0.4 is 5.32 Å². The normalized spacial score (nSPS) is 18.9. The molecule has 1 saturated carbocycles. The molecule has 1 fully saturated rings. The minimum Gasteiger partial charge on any atom is -0.480 e. The Bertz CT molecular complexity index is 394. The van der Waals surface area contributed by atoms with Crippen molar-refractivity contribution < 1.29 is 9.90 Å². The number of carboxylic acids is 1. The highest BCUT2D eigenvalue weighted by atomic mass is 16.4. The molecule has 2 rings (SSSR count). The average Bonchev–Trinajstić information content (AvgIpc) is 2.77. The van der Waals surface area contributed by atoms with Gasteiger partial charge in [0.05, 0.1) is 0 Å². The van der Waals surface area contributed by atoms with Gasteiger partial charge in [-0.3, -0.25) is 0 Å². The first-order valence-electron chi connectivity index (χ1n) is 6.21. The first kappa shape index (κ1) is 12.0. The smallest absolute Gasteiger partial charge is 0.329 e. The number of aliphatic carboxylic acids is 1. The summed E-state index contributed by atoms with van der Waals surface area (Å²) in [7, 11) is 0. The number of nitrogens with zero attached hydrogens (tertiary/aromatic N) is 2. The van der Waals surface area contributed by atoms with Crippen molar-refractivity contribution in [3.05, 3.63) is 12.4 Å². The Kier molecular flexibility index (Phi) is 3.36. The van der Waals surface area contributed by atoms with Gasteiger partial charge in [0.2, 0.25) is 5.95 Å². The largest absolute Gasteiger partial charge is 0.480 e. The molecule has 0 bridgehead atoms. The van der Waals surface area contributed by atoms with Gasteiger partial charge in [-0.1, -0.05) is 19.3 Å². The number of hydrogen-bond acceptors (Lipinski definition) is 3. The van der Waals surface area contributed by atoms with Crippen molar-refractivity contribution in [2.45, 2.75) is 51.1 Å². The lowest BCUT2D eigenvalue weighted by molar-refractivity contribution is -0.143. The van der Waals surface area contributed by atoms with Crippen LogP contribution in [0, 0.1) is 0 Å². The molecular weight excluding hydrogens is 218 g/mol. The van der Waals surface area contributed by atoms with Crippen LogP contribution in [0.2, 0.25) is 0 Å². The maximum atomic E-state index is 11.5. The van der Waals surface area contributed by atoms with Crippen molar-refractivity contribution in [2.75, 3.05) is 5.32 Å². The molecule has 0 atom stereocenters. The molecule has 0 unspecified atom stereocenters. The summed E-state index contributed by atoms with van der Waals surface area (Å²) in [4.78, 5) is 15.7. The zero-order valence-corrected chi connectivity index (χ0v) is 10.1. The highest BCUT2D eigenvalue weighted by Gasteiger charge is 2.40. The summed E-state index contributed by atoms with van der Waals surface area (Å²) < 4.78 is 1.93. The maximum absolute atomic E-state index is 11.5. The van der Waals surface area contributed by atoms with Gasteiger partial charge in [-0.2, -0.15) is 0 Å². The van der Waals surface area contributed by atoms with E-state index in [2.05, 4.69) is 10.3 Å². The highest BCUT2D eigenvalue weighted by Crippen LogP contribution is 2.31. The summed E-state index contributed by atoms with van der Waals surface area (Å²) in [6.45, 7) is 2.80. The number of nitrogens with one attached hydrogen (secondary N) is 1. The van der Waals surface area contributed by atoms with Crippen LogP contribution in [0.3, 0.4) is 0 Å². The van der Waals surface area contributed by atoms with E-state index in [1.807, 2.05) is 17.7 Å². The highest BCUT2D eigenvalue weighted by molar-refractivity contribution is 5.82. The summed E-state index contributed by atoms with van der Waals surface area (Å²) in [5.41, 5.74) is -0.823. The molecule has 0 aliphatic heterocycles. The van der Waals surface area contributed by atoms with Gasteiger partial charge in [0.15, 0.2) is 0 Å². The Morgan fingerprint density at radius 1 is 1.53 bits per heavy atom. The molecule has 94 valence electrons. The average molecular weight is 237 g/mol. The molecule has 1 aromatic heterocycles. The summed E-state index contributed by atoms with van der Waals surface area (Å²) in [6, 6.07) is 0. The second-order valence-corrected chi connectivity index (χ2v) is 4.61. The molecule has 0 aromatic carbocycles. The van der Waals surface area contributed by atoms with Gasteiger partial charge in [0, 0.05) is 18.9 Å². The van der Waals surface area contributed by atoms with Crippen molar-refractivity contribution in [3.8, 4) is 0 Å². The zero-order valence-electron chi connectivity index (χ0n) is 10.1. The quantitative estimate of drug-likeness (QED) is 0.841. The fraction of sp³-hybridized carbons (Fsp3) is 0.667. The van der Waals surface area contributed by atoms with Crippen molar-refractivity contribution >= 4 is 11.9 Å². The number of hydrogen-bond donors (Lipinski definition) is 2. The van der Waals surface area contributed by atoms with Crippen molar-refractivity contribution in [2.24, 2.45) is 0 Å². The molecule has 0 amide bonds. The van der Waals surface area contributed by atoms with Gasteiger partial charge in [-0.25, -0.2) is 9.78 Å². The third-order valence-corrected chi connectivity index (χ3v) is 3.52. The van der Waals surface area contributed by atoms with E-state index in [1.54, 1.807) is 6.20 Å². The molecular formula is C12H19N3O2. The molecule has 1 heterocycles. The van der Waals surface area contributed by atoms with Crippen molar-refractivity contribution in [3.63, 3.8) is 0 Å². The molecule has 1 aromatic rings. The number of imidazole rings is 1. The summed E-state index contributed by atoms with van der Waals surface area (Å²) in [5, 5.41) is 12.6. The van der Waals surface area contributed by atoms with Crippen LogP contribution in [0.1, 0.15) is 39.0 Å². The van der Waals surface area contributed by atoms with E-state index in [-0.39, 0.29) is 0 Å². The lowest BCUT2D eigenvalue weighted by Gasteiger charge is -2.34. The van der Waals surface area contributed by atoms with Crippen molar-refractivity contribution in [1.29, 1.82) is 0 Å². The molecule has 1 aliphatic carbocycles. The van der Waals surface area contributed by atoms with Crippen LogP contribution in [-0.4, -0.2) is 26.2 Å². The second kappa shape index (κ2) is 4.77. The lowest BCUT2D eigenvalue weighted by Crippen LogP contribution is -2.48. The Hall–Kier alpha value is -1.52. The molecule has 2 N–H and O–H groups in total. The van der Waals surface area contributed by atoms with Gasteiger partial charge in [0.1, 0.15) is 5.54 Å². The van der Waals surface area contributed by atoms with E-state index in [4.69, 9.17) is 0 Å². The van der Waals surface area contributed by atoms with Crippen LogP contribution in [0.5, 0.6) is 0 Å². The van der Waals surface area contributed by atoms with Crippen molar-refractivity contribution in [1.82, 2.24) is 9.55 Å². The molecule has 5 heteroatoms. The monoisotopic (exact) mass is 237 g/mol. The fourth-order valence-corrected chi connectivity index (χ4v) is 2.45. The SMILES string of the molecule is CCn1ccnc1NC1(C(=O)O)CCCCC1. The number of carbonyl (C=O) groups is 1. The first-order chi connectivity index (χ1) is 8.18. The van der Waals surface area contributed by atoms with Crippen LogP contribution in [-0.2, 0) is 11.3 Å². The van der Waals surface area contributed by atoms with E-state index < -0.39 is 11.5 Å². The summed E-state index contributed by atoms with van der Waals surface area (Å²) in [6.07, 6.45) is 7.97. The van der Waals surface area contributed by atoms with E-state index in [9.17, 15) is 9.90 Å². The maximum Gasteiger partial charge on any atom is 0.329 e. The van der Waals surface area contributed by atoms with Crippen LogP contribution in [0.15, 0.2) is 12.4 Å². The predicted molar refractivity (Wildman–Crippen MR) is 65.0 cm³/mol. The molecule has 17 heavy (non-hydrogen) atoms. The zero-order chi connectivity index (χ0) is 12.3. The number of rotatable bonds is 4. The predicted octanol–water partition coefficient (Wildman–Crippen LogP) is 2.10. The third kappa shape index (κ3) is 2.28. The third-order valence-electron chi connectivity index (χ3n) is 3.52. The molecule has 0 radical (unpaired) electrons. The number of aromatic nitrogens is 2. The minimum atomic E-state index is -0.823. The molecule has 1 aliphatic rings. The lowest BCUT2D eigenvalue weighted by atomic mass is 9.82. The van der Waals surface area contributed by atoms with Gasteiger partial charge in [0.25, 0.3) is 0 Å². The molecule has 5 nitrogen and oxygen atoms in total. The van der Waals surface area contributed by atoms with Crippen LogP contribution >= 0.6 is 0 Å². The van der Waals surface area contributed by atoms with Gasteiger partial charge in [-0.15, -0.1) is 0 Å². The van der Waals surface area contributed by atoms with E-state index in [0.29, 0.717) is 18.8 Å². The van der Waals surface area contributed by atoms with Gasteiger partial charge >= 0.3 is 5.97 Å². The van der Waals surface area contributed by atoms with Gasteiger partial charge in [-0.05, 0) is 19.8 Å². The second-order valence-electron chi connectivity index (χ2n) is 4.61. The first-order valence-corrected chi connectivity index (χ1v) is 6.21. The van der Waals surface area contributed by atoms with E-state index in [0.717, 1.165) is 25.8 Å².